The molecule has 2 heterocycles. The topological polar surface area (TPSA) is 89.1 Å². The van der Waals surface area contributed by atoms with Crippen LogP contribution in [-0.4, -0.2) is 79.4 Å². The van der Waals surface area contributed by atoms with Gasteiger partial charge in [0, 0.05) is 43.9 Å². The summed E-state index contributed by atoms with van der Waals surface area (Å²) in [5, 5.41) is 3.64. The molecule has 0 saturated carbocycles. The van der Waals surface area contributed by atoms with Gasteiger partial charge in [0.2, 0.25) is 0 Å². The zero-order valence-corrected chi connectivity index (χ0v) is 21.2. The number of likely N-dealkylation sites (N-methyl/N-ethyl adjacent to an activating group) is 1. The molecule has 0 spiro atoms. The van der Waals surface area contributed by atoms with Crippen LogP contribution >= 0.6 is 11.6 Å². The minimum Gasteiger partial charge on any atom is -0.493 e. The van der Waals surface area contributed by atoms with Crippen molar-refractivity contribution in [1.29, 1.82) is 0 Å². The highest BCUT2D eigenvalue weighted by molar-refractivity contribution is 6.31. The van der Waals surface area contributed by atoms with Crippen LogP contribution in [0.25, 0.3) is 10.9 Å². The Labute approximate surface area is 214 Å². The van der Waals surface area contributed by atoms with Gasteiger partial charge in [-0.2, -0.15) is 0 Å². The van der Waals surface area contributed by atoms with Crippen molar-refractivity contribution in [2.75, 3.05) is 52.8 Å². The van der Waals surface area contributed by atoms with Crippen LogP contribution in [0, 0.1) is 5.82 Å². The Kier molecular flexibility index (Phi) is 8.27. The summed E-state index contributed by atoms with van der Waals surface area (Å²) in [7, 11) is 5.42. The monoisotopic (exact) mass is 517 g/mol. The van der Waals surface area contributed by atoms with Crippen molar-refractivity contribution < 1.29 is 23.4 Å². The summed E-state index contributed by atoms with van der Waals surface area (Å²) in [5.41, 5.74) is 0.806. The molecule has 1 saturated heterocycles. The van der Waals surface area contributed by atoms with Gasteiger partial charge in [0.1, 0.15) is 24.9 Å². The Morgan fingerprint density at radius 2 is 2.00 bits per heavy atom. The van der Waals surface area contributed by atoms with Gasteiger partial charge in [-0.25, -0.2) is 19.2 Å². The van der Waals surface area contributed by atoms with E-state index in [9.17, 15) is 9.18 Å². The lowest BCUT2D eigenvalue weighted by atomic mass is 10.1. The minimum absolute atomic E-state index is 0.0111. The van der Waals surface area contributed by atoms with Crippen molar-refractivity contribution in [2.45, 2.75) is 18.9 Å². The zero-order valence-electron chi connectivity index (χ0n) is 20.5. The number of hydrogen-bond donors (Lipinski definition) is 1. The standard InChI is InChI=1S/C25H29ClFN5O4/c1-31(2)11-12-35-25(33)32-9-7-16(8-10-32)36-22-13-17-20(14-21(22)34-3)28-15-29-24(17)30-19-6-4-5-18(26)23(19)27/h4-6,13-16H,7-12H2,1-3H3,(H,28,29,30). The smallest absolute Gasteiger partial charge is 0.409 e. The maximum absolute atomic E-state index is 14.5. The SMILES string of the molecule is COc1cc2ncnc(Nc3cccc(Cl)c3F)c2cc1OC1CCN(C(=O)OCCN(C)C)CC1. The summed E-state index contributed by atoms with van der Waals surface area (Å²) in [5.74, 6) is 0.875. The van der Waals surface area contributed by atoms with Gasteiger partial charge >= 0.3 is 6.09 Å². The lowest BCUT2D eigenvalue weighted by Crippen LogP contribution is -2.42. The van der Waals surface area contributed by atoms with Crippen molar-refractivity contribution in [3.05, 3.63) is 47.5 Å². The van der Waals surface area contributed by atoms with Crippen LogP contribution in [-0.2, 0) is 4.74 Å². The molecule has 11 heteroatoms. The molecule has 36 heavy (non-hydrogen) atoms. The van der Waals surface area contributed by atoms with Gasteiger partial charge < -0.3 is 29.3 Å². The molecule has 3 aromatic rings. The number of ether oxygens (including phenoxy) is 3. The lowest BCUT2D eigenvalue weighted by Gasteiger charge is -2.32. The summed E-state index contributed by atoms with van der Waals surface area (Å²) >= 11 is 5.92. The molecule has 1 aliphatic rings. The van der Waals surface area contributed by atoms with Crippen LogP contribution in [0.4, 0.5) is 20.7 Å². The highest BCUT2D eigenvalue weighted by atomic mass is 35.5. The number of hydrogen-bond acceptors (Lipinski definition) is 8. The van der Waals surface area contributed by atoms with Crippen molar-refractivity contribution in [3.8, 4) is 11.5 Å². The quantitative estimate of drug-likeness (QED) is 0.459. The number of benzene rings is 2. The molecular weight excluding hydrogens is 489 g/mol. The van der Waals surface area contributed by atoms with Crippen molar-refractivity contribution in [3.63, 3.8) is 0 Å². The average molecular weight is 518 g/mol. The van der Waals surface area contributed by atoms with E-state index in [0.717, 1.165) is 0 Å². The number of anilines is 2. The number of rotatable bonds is 8. The van der Waals surface area contributed by atoms with E-state index >= 15 is 0 Å². The molecule has 1 aromatic heterocycles. The average Bonchev–Trinajstić information content (AvgIpc) is 2.87. The number of halogens is 2. The molecule has 0 aliphatic carbocycles. The molecule has 1 amide bonds. The Bertz CT molecular complexity index is 1220. The minimum atomic E-state index is -0.567. The molecule has 4 rings (SSSR count). The normalized spacial score (nSPS) is 14.2. The fourth-order valence-corrected chi connectivity index (χ4v) is 4.06. The fourth-order valence-electron chi connectivity index (χ4n) is 3.89. The third-order valence-electron chi connectivity index (χ3n) is 5.88. The number of piperidine rings is 1. The van der Waals surface area contributed by atoms with E-state index in [4.69, 9.17) is 25.8 Å². The lowest BCUT2D eigenvalue weighted by molar-refractivity contribution is 0.0638. The summed E-state index contributed by atoms with van der Waals surface area (Å²) < 4.78 is 31.6. The summed E-state index contributed by atoms with van der Waals surface area (Å²) in [4.78, 5) is 24.6. The first-order chi connectivity index (χ1) is 17.4. The molecule has 1 fully saturated rings. The molecule has 0 unspecified atom stereocenters. The van der Waals surface area contributed by atoms with Crippen molar-refractivity contribution in [2.24, 2.45) is 0 Å². The number of carbonyl (C=O) groups is 1. The summed E-state index contributed by atoms with van der Waals surface area (Å²) in [6, 6.07) is 8.24. The van der Waals surface area contributed by atoms with Gasteiger partial charge in [-0.3, -0.25) is 0 Å². The molecule has 192 valence electrons. The number of carbonyl (C=O) groups excluding carboxylic acids is 1. The van der Waals surface area contributed by atoms with Crippen molar-refractivity contribution in [1.82, 2.24) is 19.8 Å². The van der Waals surface area contributed by atoms with Gasteiger partial charge in [-0.15, -0.1) is 0 Å². The maximum atomic E-state index is 14.5. The van der Waals surface area contributed by atoms with E-state index in [1.165, 1.54) is 12.4 Å². The molecule has 1 aliphatic heterocycles. The molecule has 0 bridgehead atoms. The van der Waals surface area contributed by atoms with Crippen LogP contribution in [0.1, 0.15) is 12.8 Å². The molecule has 1 N–H and O–H groups in total. The van der Waals surface area contributed by atoms with Gasteiger partial charge in [0.15, 0.2) is 17.3 Å². The number of methoxy groups -OCH3 is 1. The Morgan fingerprint density at radius 3 is 2.72 bits per heavy atom. The Hall–Kier alpha value is -3.37. The second kappa shape index (κ2) is 11.6. The van der Waals surface area contributed by atoms with Gasteiger partial charge in [-0.05, 0) is 32.3 Å². The summed E-state index contributed by atoms with van der Waals surface area (Å²) in [6.45, 7) is 2.10. The van der Waals surface area contributed by atoms with E-state index in [0.29, 0.717) is 67.3 Å². The fraction of sp³-hybridized carbons (Fsp3) is 0.400. The largest absolute Gasteiger partial charge is 0.493 e. The number of aromatic nitrogens is 2. The first-order valence-electron chi connectivity index (χ1n) is 11.6. The van der Waals surface area contributed by atoms with E-state index in [1.807, 2.05) is 19.0 Å². The molecule has 9 nitrogen and oxygen atoms in total. The highest BCUT2D eigenvalue weighted by Crippen LogP contribution is 2.36. The first kappa shape index (κ1) is 25.7. The second-order valence-corrected chi connectivity index (χ2v) is 9.10. The zero-order chi connectivity index (χ0) is 25.7. The number of fused-ring (bicyclic) bond motifs is 1. The third kappa shape index (κ3) is 6.06. The molecule has 2 aromatic carbocycles. The van der Waals surface area contributed by atoms with Crippen LogP contribution in [0.15, 0.2) is 36.7 Å². The molecule has 0 radical (unpaired) electrons. The highest BCUT2D eigenvalue weighted by Gasteiger charge is 2.26. The van der Waals surface area contributed by atoms with Gasteiger partial charge in [0.25, 0.3) is 0 Å². The Morgan fingerprint density at radius 1 is 1.22 bits per heavy atom. The second-order valence-electron chi connectivity index (χ2n) is 8.69. The van der Waals surface area contributed by atoms with Crippen LogP contribution in [0.3, 0.4) is 0 Å². The van der Waals surface area contributed by atoms with Crippen LogP contribution in [0.2, 0.25) is 5.02 Å². The van der Waals surface area contributed by atoms with E-state index in [1.54, 1.807) is 36.3 Å². The van der Waals surface area contributed by atoms with E-state index < -0.39 is 5.82 Å². The number of nitrogens with one attached hydrogen (secondary N) is 1. The first-order valence-corrected chi connectivity index (χ1v) is 12.0. The number of amides is 1. The van der Waals surface area contributed by atoms with Crippen molar-refractivity contribution >= 4 is 40.1 Å². The van der Waals surface area contributed by atoms with E-state index in [2.05, 4.69) is 15.3 Å². The van der Waals surface area contributed by atoms with Gasteiger partial charge in [-0.1, -0.05) is 17.7 Å². The predicted octanol–water partition coefficient (Wildman–Crippen LogP) is 4.72. The van der Waals surface area contributed by atoms with Crippen LogP contribution in [0.5, 0.6) is 11.5 Å². The van der Waals surface area contributed by atoms with Gasteiger partial charge in [0.05, 0.1) is 23.3 Å². The van der Waals surface area contributed by atoms with Crippen LogP contribution < -0.4 is 14.8 Å². The number of nitrogens with zero attached hydrogens (tertiary/aromatic N) is 4. The maximum Gasteiger partial charge on any atom is 0.409 e. The Balaban J connectivity index is 1.48. The molecule has 0 atom stereocenters. The number of likely N-dealkylation sites (tertiary alicyclic amines) is 1. The van der Waals surface area contributed by atoms with E-state index in [-0.39, 0.29) is 22.9 Å². The third-order valence-corrected chi connectivity index (χ3v) is 6.18. The summed E-state index contributed by atoms with van der Waals surface area (Å²) in [6.07, 6.45) is 2.26. The predicted molar refractivity (Wildman–Crippen MR) is 136 cm³/mol. The molecular formula is C25H29ClFN5O4.